The Bertz CT molecular complexity index is 312. The number of thiophene rings is 1. The lowest BCUT2D eigenvalue weighted by Gasteiger charge is -2.24. The molecule has 1 aromatic heterocycles. The van der Waals surface area contributed by atoms with Gasteiger partial charge in [0.25, 0.3) is 0 Å². The van der Waals surface area contributed by atoms with Gasteiger partial charge in [-0.15, -0.1) is 11.3 Å². The highest BCUT2D eigenvalue weighted by atomic mass is 32.1. The number of hydrogen-bond acceptors (Lipinski definition) is 3. The molecule has 1 heterocycles. The molecule has 0 aliphatic carbocycles. The van der Waals surface area contributed by atoms with Crippen molar-refractivity contribution in [3.8, 4) is 0 Å². The van der Waals surface area contributed by atoms with Crippen molar-refractivity contribution in [2.24, 2.45) is 5.92 Å². The molecule has 0 aliphatic heterocycles. The number of carbonyl (C=O) groups is 1. The summed E-state index contributed by atoms with van der Waals surface area (Å²) in [6.07, 6.45) is 0.481. The molecule has 84 valence electrons. The van der Waals surface area contributed by atoms with Gasteiger partial charge in [0.15, 0.2) is 0 Å². The van der Waals surface area contributed by atoms with Crippen LogP contribution in [0.2, 0.25) is 0 Å². The van der Waals surface area contributed by atoms with Crippen LogP contribution in [0.3, 0.4) is 0 Å². The fourth-order valence-electron chi connectivity index (χ4n) is 1.33. The largest absolute Gasteiger partial charge is 0.454 e. The van der Waals surface area contributed by atoms with E-state index in [2.05, 4.69) is 0 Å². The molecule has 0 saturated heterocycles. The van der Waals surface area contributed by atoms with E-state index in [4.69, 9.17) is 4.74 Å². The monoisotopic (exact) mass is 226 g/mol. The standard InChI is InChI=1S/C12H18O2S/c1-9(2)8-11(13)14-12(3,4)10-6-5-7-15-10/h5-7,9H,8H2,1-4H3. The van der Waals surface area contributed by atoms with E-state index in [1.807, 2.05) is 45.2 Å². The molecule has 0 fully saturated rings. The highest BCUT2D eigenvalue weighted by Crippen LogP contribution is 2.29. The van der Waals surface area contributed by atoms with E-state index in [0.717, 1.165) is 4.88 Å². The van der Waals surface area contributed by atoms with Crippen LogP contribution in [0.5, 0.6) is 0 Å². The van der Waals surface area contributed by atoms with E-state index < -0.39 is 5.60 Å². The molecule has 2 nitrogen and oxygen atoms in total. The van der Waals surface area contributed by atoms with Gasteiger partial charge in [-0.05, 0) is 31.2 Å². The van der Waals surface area contributed by atoms with Crippen molar-refractivity contribution in [3.05, 3.63) is 22.4 Å². The van der Waals surface area contributed by atoms with Crippen molar-refractivity contribution in [2.45, 2.75) is 39.7 Å². The molecule has 3 heteroatoms. The molecular weight excluding hydrogens is 208 g/mol. The maximum absolute atomic E-state index is 11.5. The van der Waals surface area contributed by atoms with Gasteiger partial charge in [-0.2, -0.15) is 0 Å². The van der Waals surface area contributed by atoms with Gasteiger partial charge in [-0.1, -0.05) is 19.9 Å². The Kier molecular flexibility index (Phi) is 3.91. The maximum Gasteiger partial charge on any atom is 0.306 e. The fraction of sp³-hybridized carbons (Fsp3) is 0.583. The third kappa shape index (κ3) is 3.67. The molecule has 0 radical (unpaired) electrons. The number of rotatable bonds is 4. The maximum atomic E-state index is 11.5. The first-order chi connectivity index (χ1) is 6.92. The van der Waals surface area contributed by atoms with Crippen molar-refractivity contribution >= 4 is 17.3 Å². The van der Waals surface area contributed by atoms with Gasteiger partial charge in [0, 0.05) is 11.3 Å². The minimum atomic E-state index is -0.500. The van der Waals surface area contributed by atoms with Crippen LogP contribution in [0.4, 0.5) is 0 Å². The lowest BCUT2D eigenvalue weighted by Crippen LogP contribution is -2.25. The van der Waals surface area contributed by atoms with Crippen molar-refractivity contribution in [1.82, 2.24) is 0 Å². The molecule has 0 aromatic carbocycles. The molecule has 1 aromatic rings. The van der Waals surface area contributed by atoms with Crippen molar-refractivity contribution < 1.29 is 9.53 Å². The Balaban J connectivity index is 2.61. The number of esters is 1. The molecule has 0 aliphatic rings. The van der Waals surface area contributed by atoms with E-state index in [1.54, 1.807) is 11.3 Å². The highest BCUT2D eigenvalue weighted by molar-refractivity contribution is 7.10. The number of hydrogen-bond donors (Lipinski definition) is 0. The van der Waals surface area contributed by atoms with Gasteiger partial charge in [0.05, 0.1) is 0 Å². The van der Waals surface area contributed by atoms with E-state index in [1.165, 1.54) is 0 Å². The van der Waals surface area contributed by atoms with Crippen LogP contribution in [0.1, 0.15) is 39.0 Å². The van der Waals surface area contributed by atoms with Crippen LogP contribution >= 0.6 is 11.3 Å². The van der Waals surface area contributed by atoms with E-state index >= 15 is 0 Å². The van der Waals surface area contributed by atoms with Crippen LogP contribution in [-0.2, 0) is 15.1 Å². The molecular formula is C12H18O2S. The molecule has 0 atom stereocenters. The van der Waals surface area contributed by atoms with Gasteiger partial charge in [-0.3, -0.25) is 4.79 Å². The van der Waals surface area contributed by atoms with Gasteiger partial charge in [0.2, 0.25) is 0 Å². The summed E-state index contributed by atoms with van der Waals surface area (Å²) in [7, 11) is 0. The average Bonchev–Trinajstić information content (AvgIpc) is 2.51. The Morgan fingerprint density at radius 1 is 1.53 bits per heavy atom. The molecule has 0 unspecified atom stereocenters. The van der Waals surface area contributed by atoms with Crippen LogP contribution in [0, 0.1) is 5.92 Å². The molecule has 0 spiro atoms. The predicted octanol–water partition coefficient (Wildman–Crippen LogP) is 3.57. The summed E-state index contributed by atoms with van der Waals surface area (Å²) in [6.45, 7) is 7.88. The first-order valence-corrected chi connectivity index (χ1v) is 6.05. The Hall–Kier alpha value is -0.830. The number of ether oxygens (including phenoxy) is 1. The quantitative estimate of drug-likeness (QED) is 0.734. The van der Waals surface area contributed by atoms with Crippen molar-refractivity contribution in [1.29, 1.82) is 0 Å². The lowest BCUT2D eigenvalue weighted by atomic mass is 10.1. The molecule has 15 heavy (non-hydrogen) atoms. The average molecular weight is 226 g/mol. The predicted molar refractivity (Wildman–Crippen MR) is 62.9 cm³/mol. The Labute approximate surface area is 95.3 Å². The SMILES string of the molecule is CC(C)CC(=O)OC(C)(C)c1cccs1. The van der Waals surface area contributed by atoms with Gasteiger partial charge < -0.3 is 4.74 Å². The molecule has 0 amide bonds. The molecule has 0 saturated carbocycles. The third-order valence-corrected chi connectivity index (χ3v) is 3.23. The zero-order valence-electron chi connectivity index (χ0n) is 9.74. The number of carbonyl (C=O) groups excluding carboxylic acids is 1. The summed E-state index contributed by atoms with van der Waals surface area (Å²) < 4.78 is 5.46. The second-order valence-electron chi connectivity index (χ2n) is 4.56. The second kappa shape index (κ2) is 4.79. The smallest absolute Gasteiger partial charge is 0.306 e. The lowest BCUT2D eigenvalue weighted by molar-refractivity contribution is -0.158. The van der Waals surface area contributed by atoms with E-state index in [-0.39, 0.29) is 5.97 Å². The van der Waals surface area contributed by atoms with Gasteiger partial charge in [-0.25, -0.2) is 0 Å². The molecule has 0 N–H and O–H groups in total. The zero-order chi connectivity index (χ0) is 11.5. The summed E-state index contributed by atoms with van der Waals surface area (Å²) in [5, 5.41) is 1.99. The summed E-state index contributed by atoms with van der Waals surface area (Å²) >= 11 is 1.61. The Morgan fingerprint density at radius 3 is 2.67 bits per heavy atom. The molecule has 0 bridgehead atoms. The zero-order valence-corrected chi connectivity index (χ0v) is 10.6. The second-order valence-corrected chi connectivity index (χ2v) is 5.51. The minimum Gasteiger partial charge on any atom is -0.454 e. The minimum absolute atomic E-state index is 0.122. The van der Waals surface area contributed by atoms with E-state index in [0.29, 0.717) is 12.3 Å². The van der Waals surface area contributed by atoms with E-state index in [9.17, 15) is 4.79 Å². The van der Waals surface area contributed by atoms with Crippen LogP contribution in [0.25, 0.3) is 0 Å². The Morgan fingerprint density at radius 2 is 2.20 bits per heavy atom. The van der Waals surface area contributed by atoms with Crippen LogP contribution in [0.15, 0.2) is 17.5 Å². The van der Waals surface area contributed by atoms with Crippen molar-refractivity contribution in [3.63, 3.8) is 0 Å². The summed E-state index contributed by atoms with van der Waals surface area (Å²) in [6, 6.07) is 3.96. The summed E-state index contributed by atoms with van der Waals surface area (Å²) in [4.78, 5) is 12.6. The summed E-state index contributed by atoms with van der Waals surface area (Å²) in [5.41, 5.74) is -0.500. The normalized spacial score (nSPS) is 11.8. The summed E-state index contributed by atoms with van der Waals surface area (Å²) in [5.74, 6) is 0.222. The van der Waals surface area contributed by atoms with Crippen LogP contribution < -0.4 is 0 Å². The van der Waals surface area contributed by atoms with Crippen molar-refractivity contribution in [2.75, 3.05) is 0 Å². The molecule has 1 rings (SSSR count). The first-order valence-electron chi connectivity index (χ1n) is 5.17. The topological polar surface area (TPSA) is 26.3 Å². The first kappa shape index (κ1) is 12.2. The van der Waals surface area contributed by atoms with Gasteiger partial charge in [0.1, 0.15) is 5.60 Å². The van der Waals surface area contributed by atoms with Gasteiger partial charge >= 0.3 is 5.97 Å². The third-order valence-electron chi connectivity index (χ3n) is 2.06. The fourth-order valence-corrected chi connectivity index (χ4v) is 2.12. The highest BCUT2D eigenvalue weighted by Gasteiger charge is 2.26. The van der Waals surface area contributed by atoms with Crippen LogP contribution in [-0.4, -0.2) is 5.97 Å².